The highest BCUT2D eigenvalue weighted by atomic mass is 16.2. The molecule has 28 heavy (non-hydrogen) atoms. The van der Waals surface area contributed by atoms with E-state index >= 15 is 0 Å². The minimum atomic E-state index is 0.231. The molecule has 0 unspecified atom stereocenters. The molecule has 1 aromatic heterocycles. The number of aromatic nitrogens is 4. The van der Waals surface area contributed by atoms with Gasteiger partial charge in [-0.2, -0.15) is 4.80 Å². The SMILES string of the molecule is O=C(CCCn1nnc(-c2ccccc2)n1)N1CCC(c2ccccc2)CC1. The second-order valence-corrected chi connectivity index (χ2v) is 7.24. The molecule has 0 spiro atoms. The van der Waals surface area contributed by atoms with Crippen molar-refractivity contribution in [3.05, 3.63) is 66.2 Å². The van der Waals surface area contributed by atoms with E-state index in [-0.39, 0.29) is 5.91 Å². The van der Waals surface area contributed by atoms with Crippen LogP contribution < -0.4 is 0 Å². The van der Waals surface area contributed by atoms with Crippen LogP contribution in [0.25, 0.3) is 11.4 Å². The number of rotatable bonds is 6. The van der Waals surface area contributed by atoms with Crippen molar-refractivity contribution in [1.29, 1.82) is 0 Å². The van der Waals surface area contributed by atoms with Crippen LogP contribution in [0.3, 0.4) is 0 Å². The Morgan fingerprint density at radius 1 is 0.964 bits per heavy atom. The van der Waals surface area contributed by atoms with E-state index in [2.05, 4.69) is 45.7 Å². The number of likely N-dealkylation sites (tertiary alicyclic amines) is 1. The van der Waals surface area contributed by atoms with Gasteiger partial charge >= 0.3 is 0 Å². The summed E-state index contributed by atoms with van der Waals surface area (Å²) in [5.74, 6) is 1.42. The van der Waals surface area contributed by atoms with Crippen molar-refractivity contribution in [2.75, 3.05) is 13.1 Å². The largest absolute Gasteiger partial charge is 0.343 e. The molecule has 2 aromatic carbocycles. The number of amides is 1. The van der Waals surface area contributed by atoms with E-state index in [9.17, 15) is 4.79 Å². The Morgan fingerprint density at radius 2 is 1.64 bits per heavy atom. The third kappa shape index (κ3) is 4.44. The molecule has 2 heterocycles. The molecule has 0 aliphatic carbocycles. The van der Waals surface area contributed by atoms with E-state index in [1.54, 1.807) is 4.80 Å². The maximum Gasteiger partial charge on any atom is 0.222 e. The van der Waals surface area contributed by atoms with Crippen molar-refractivity contribution in [3.8, 4) is 11.4 Å². The van der Waals surface area contributed by atoms with Gasteiger partial charge in [-0.3, -0.25) is 4.79 Å². The molecule has 0 radical (unpaired) electrons. The smallest absolute Gasteiger partial charge is 0.222 e. The summed E-state index contributed by atoms with van der Waals surface area (Å²) in [7, 11) is 0. The van der Waals surface area contributed by atoms with Gasteiger partial charge in [0.05, 0.1) is 6.54 Å². The molecule has 1 fully saturated rings. The van der Waals surface area contributed by atoms with E-state index in [4.69, 9.17) is 0 Å². The van der Waals surface area contributed by atoms with Gasteiger partial charge in [-0.05, 0) is 36.0 Å². The fraction of sp³-hybridized carbons (Fsp3) is 0.364. The fourth-order valence-corrected chi connectivity index (χ4v) is 3.76. The van der Waals surface area contributed by atoms with Crippen LogP contribution in [0.2, 0.25) is 0 Å². The number of aryl methyl sites for hydroxylation is 1. The highest BCUT2D eigenvalue weighted by Gasteiger charge is 2.23. The maximum absolute atomic E-state index is 12.5. The molecule has 6 nitrogen and oxygen atoms in total. The topological polar surface area (TPSA) is 63.9 Å². The molecule has 1 aliphatic heterocycles. The number of carbonyl (C=O) groups is 1. The molecule has 1 amide bonds. The summed E-state index contributed by atoms with van der Waals surface area (Å²) in [6.45, 7) is 2.29. The first kappa shape index (κ1) is 18.3. The predicted molar refractivity (Wildman–Crippen MR) is 107 cm³/mol. The van der Waals surface area contributed by atoms with Crippen LogP contribution in [0, 0.1) is 0 Å². The van der Waals surface area contributed by atoms with Gasteiger partial charge in [-0.25, -0.2) is 0 Å². The van der Waals surface area contributed by atoms with Gasteiger partial charge in [0.2, 0.25) is 11.7 Å². The van der Waals surface area contributed by atoms with Gasteiger partial charge in [0, 0.05) is 25.1 Å². The standard InChI is InChI=1S/C22H25N5O/c28-21(26-16-13-19(14-17-26)18-8-3-1-4-9-18)12-7-15-27-24-22(23-25-27)20-10-5-2-6-11-20/h1-6,8-11,19H,7,12-17H2. The highest BCUT2D eigenvalue weighted by Crippen LogP contribution is 2.28. The Labute approximate surface area is 165 Å². The number of benzene rings is 2. The summed E-state index contributed by atoms with van der Waals surface area (Å²) < 4.78 is 0. The first-order valence-electron chi connectivity index (χ1n) is 9.95. The van der Waals surface area contributed by atoms with Crippen molar-refractivity contribution in [1.82, 2.24) is 25.1 Å². The minimum absolute atomic E-state index is 0.231. The molecule has 0 atom stereocenters. The van der Waals surface area contributed by atoms with Crippen molar-refractivity contribution < 1.29 is 4.79 Å². The molecular formula is C22H25N5O. The van der Waals surface area contributed by atoms with Gasteiger partial charge in [0.15, 0.2) is 0 Å². The normalized spacial score (nSPS) is 14.9. The average Bonchev–Trinajstić information content (AvgIpc) is 3.24. The summed E-state index contributed by atoms with van der Waals surface area (Å²) in [6.07, 6.45) is 3.34. The van der Waals surface area contributed by atoms with E-state index in [1.807, 2.05) is 35.2 Å². The van der Waals surface area contributed by atoms with Crippen LogP contribution >= 0.6 is 0 Å². The number of tetrazole rings is 1. The lowest BCUT2D eigenvalue weighted by Gasteiger charge is -2.32. The van der Waals surface area contributed by atoms with E-state index in [1.165, 1.54) is 5.56 Å². The zero-order valence-corrected chi connectivity index (χ0v) is 15.9. The van der Waals surface area contributed by atoms with Gasteiger partial charge in [-0.1, -0.05) is 60.7 Å². The first-order chi connectivity index (χ1) is 13.8. The number of hydrogen-bond acceptors (Lipinski definition) is 4. The highest BCUT2D eigenvalue weighted by molar-refractivity contribution is 5.76. The molecule has 4 rings (SSSR count). The molecule has 3 aromatic rings. The van der Waals surface area contributed by atoms with Crippen LogP contribution in [-0.4, -0.2) is 44.1 Å². The second-order valence-electron chi connectivity index (χ2n) is 7.24. The van der Waals surface area contributed by atoms with Gasteiger partial charge in [0.25, 0.3) is 0 Å². The Morgan fingerprint density at radius 3 is 2.36 bits per heavy atom. The third-order valence-corrected chi connectivity index (χ3v) is 5.35. The van der Waals surface area contributed by atoms with Crippen molar-refractivity contribution in [2.45, 2.75) is 38.1 Å². The summed E-state index contributed by atoms with van der Waals surface area (Å²) >= 11 is 0. The molecule has 0 saturated carbocycles. The molecule has 0 bridgehead atoms. The van der Waals surface area contributed by atoms with E-state index in [0.29, 0.717) is 24.7 Å². The minimum Gasteiger partial charge on any atom is -0.343 e. The summed E-state index contributed by atoms with van der Waals surface area (Å²) in [6, 6.07) is 20.4. The van der Waals surface area contributed by atoms with Crippen LogP contribution in [-0.2, 0) is 11.3 Å². The van der Waals surface area contributed by atoms with Crippen LogP contribution in [0.1, 0.15) is 37.2 Å². The first-order valence-corrected chi connectivity index (χ1v) is 9.95. The number of piperidine rings is 1. The summed E-state index contributed by atoms with van der Waals surface area (Å²) in [5.41, 5.74) is 2.34. The molecular weight excluding hydrogens is 350 g/mol. The lowest BCUT2D eigenvalue weighted by molar-refractivity contribution is -0.132. The number of hydrogen-bond donors (Lipinski definition) is 0. The third-order valence-electron chi connectivity index (χ3n) is 5.35. The lowest BCUT2D eigenvalue weighted by Crippen LogP contribution is -2.37. The van der Waals surface area contributed by atoms with Gasteiger partial charge in [0.1, 0.15) is 0 Å². The van der Waals surface area contributed by atoms with Crippen LogP contribution in [0.5, 0.6) is 0 Å². The second kappa shape index (κ2) is 8.78. The quantitative estimate of drug-likeness (QED) is 0.661. The van der Waals surface area contributed by atoms with Crippen molar-refractivity contribution in [2.24, 2.45) is 0 Å². The Bertz CT molecular complexity index is 886. The molecule has 1 aliphatic rings. The van der Waals surface area contributed by atoms with Gasteiger partial charge < -0.3 is 4.90 Å². The van der Waals surface area contributed by atoms with Crippen molar-refractivity contribution in [3.63, 3.8) is 0 Å². The van der Waals surface area contributed by atoms with E-state index < -0.39 is 0 Å². The average molecular weight is 375 g/mol. The molecule has 1 saturated heterocycles. The summed E-state index contributed by atoms with van der Waals surface area (Å²) in [5, 5.41) is 12.6. The van der Waals surface area contributed by atoms with E-state index in [0.717, 1.165) is 37.9 Å². The van der Waals surface area contributed by atoms with Crippen molar-refractivity contribution >= 4 is 5.91 Å². The van der Waals surface area contributed by atoms with Gasteiger partial charge in [-0.15, -0.1) is 10.2 Å². The maximum atomic E-state index is 12.5. The number of nitrogens with zero attached hydrogens (tertiary/aromatic N) is 5. The van der Waals surface area contributed by atoms with Crippen LogP contribution in [0.4, 0.5) is 0 Å². The Hall–Kier alpha value is -3.02. The Kier molecular flexibility index (Phi) is 5.75. The zero-order valence-electron chi connectivity index (χ0n) is 15.9. The molecule has 6 heteroatoms. The van der Waals surface area contributed by atoms with Crippen LogP contribution in [0.15, 0.2) is 60.7 Å². The lowest BCUT2D eigenvalue weighted by atomic mass is 9.89. The monoisotopic (exact) mass is 375 g/mol. The predicted octanol–water partition coefficient (Wildman–Crippen LogP) is 3.53. The molecule has 144 valence electrons. The molecule has 0 N–H and O–H groups in total. The number of carbonyl (C=O) groups excluding carboxylic acids is 1. The zero-order chi connectivity index (χ0) is 19.2. The fourth-order valence-electron chi connectivity index (χ4n) is 3.76. The Balaban J connectivity index is 1.22. The summed E-state index contributed by atoms with van der Waals surface area (Å²) in [4.78, 5) is 16.1.